The van der Waals surface area contributed by atoms with Gasteiger partial charge in [-0.1, -0.05) is 48.0 Å². The molecule has 0 atom stereocenters. The Balaban J connectivity index is 2.52. The minimum atomic E-state index is 0.400. The topological polar surface area (TPSA) is 12.4 Å². The first-order chi connectivity index (χ1) is 8.33. The molecule has 3 heteroatoms. The highest BCUT2D eigenvalue weighted by molar-refractivity contribution is 6.33. The Labute approximate surface area is 111 Å². The van der Waals surface area contributed by atoms with Crippen LogP contribution in [-0.4, -0.2) is 12.1 Å². The fourth-order valence-electron chi connectivity index (χ4n) is 1.63. The van der Waals surface area contributed by atoms with Crippen molar-refractivity contribution >= 4 is 35.1 Å². The number of hydrogen-bond donors (Lipinski definition) is 0. The Morgan fingerprint density at radius 2 is 1.59 bits per heavy atom. The van der Waals surface area contributed by atoms with Gasteiger partial charge in [0.2, 0.25) is 0 Å². The third-order valence-corrected chi connectivity index (χ3v) is 2.84. The summed E-state index contributed by atoms with van der Waals surface area (Å²) in [4.78, 5) is 4.33. The van der Waals surface area contributed by atoms with E-state index in [0.717, 1.165) is 21.8 Å². The maximum Gasteiger partial charge on any atom is 0.0705 e. The van der Waals surface area contributed by atoms with Gasteiger partial charge in [-0.15, -0.1) is 11.6 Å². The van der Waals surface area contributed by atoms with Gasteiger partial charge in [0, 0.05) is 22.4 Å². The van der Waals surface area contributed by atoms with E-state index in [9.17, 15) is 0 Å². The normalized spacial score (nSPS) is 10.9. The van der Waals surface area contributed by atoms with Crippen molar-refractivity contribution in [2.45, 2.75) is 0 Å². The molecule has 0 fully saturated rings. The zero-order valence-electron chi connectivity index (χ0n) is 9.11. The molecule has 0 unspecified atom stereocenters. The van der Waals surface area contributed by atoms with Gasteiger partial charge in [0.1, 0.15) is 0 Å². The molecule has 0 heterocycles. The summed E-state index contributed by atoms with van der Waals surface area (Å²) in [6.07, 6.45) is 1.68. The van der Waals surface area contributed by atoms with Crippen LogP contribution in [-0.2, 0) is 0 Å². The van der Waals surface area contributed by atoms with Crippen molar-refractivity contribution in [3.05, 3.63) is 53.6 Å². The molecule has 17 heavy (non-hydrogen) atoms. The van der Waals surface area contributed by atoms with Crippen LogP contribution in [0.15, 0.2) is 53.5 Å². The Morgan fingerprint density at radius 3 is 2.29 bits per heavy atom. The highest BCUT2D eigenvalue weighted by atomic mass is 35.5. The Hall–Kier alpha value is -1.31. The van der Waals surface area contributed by atoms with E-state index in [0.29, 0.717) is 5.88 Å². The number of para-hydroxylation sites is 1. The van der Waals surface area contributed by atoms with E-state index in [4.69, 9.17) is 23.2 Å². The van der Waals surface area contributed by atoms with Crippen molar-refractivity contribution in [3.63, 3.8) is 0 Å². The lowest BCUT2D eigenvalue weighted by atomic mass is 10.0. The molecule has 0 N–H and O–H groups in total. The Morgan fingerprint density at radius 1 is 0.941 bits per heavy atom. The molecule has 0 saturated carbocycles. The van der Waals surface area contributed by atoms with Gasteiger partial charge >= 0.3 is 0 Å². The van der Waals surface area contributed by atoms with Crippen molar-refractivity contribution in [2.75, 3.05) is 5.88 Å². The molecule has 0 radical (unpaired) electrons. The Kier molecular flexibility index (Phi) is 4.18. The number of hydrogen-bond acceptors (Lipinski definition) is 1. The minimum absolute atomic E-state index is 0.400. The van der Waals surface area contributed by atoms with Crippen molar-refractivity contribution < 1.29 is 0 Å². The van der Waals surface area contributed by atoms with Crippen LogP contribution < -0.4 is 0 Å². The fourth-order valence-corrected chi connectivity index (χ4v) is 1.93. The number of nitrogens with zero attached hydrogens (tertiary/aromatic N) is 1. The minimum Gasteiger partial charge on any atom is -0.259 e. The molecule has 0 spiro atoms. The first-order valence-corrected chi connectivity index (χ1v) is 6.16. The molecule has 2 aromatic carbocycles. The van der Waals surface area contributed by atoms with E-state index in [-0.39, 0.29) is 0 Å². The monoisotopic (exact) mass is 263 g/mol. The molecular weight excluding hydrogens is 253 g/mol. The number of alkyl halides is 1. The molecule has 0 aliphatic heterocycles. The Bertz CT molecular complexity index is 535. The summed E-state index contributed by atoms with van der Waals surface area (Å²) in [7, 11) is 0. The van der Waals surface area contributed by atoms with Crippen molar-refractivity contribution in [1.29, 1.82) is 0 Å². The van der Waals surface area contributed by atoms with Gasteiger partial charge in [0.25, 0.3) is 0 Å². The predicted molar refractivity (Wildman–Crippen MR) is 75.8 cm³/mol. The fraction of sp³-hybridized carbons (Fsp3) is 0.0714. The summed E-state index contributed by atoms with van der Waals surface area (Å²) >= 11 is 11.8. The summed E-state index contributed by atoms with van der Waals surface area (Å²) in [5.74, 6) is 0.400. The van der Waals surface area contributed by atoms with Crippen molar-refractivity contribution in [2.24, 2.45) is 4.99 Å². The van der Waals surface area contributed by atoms with Gasteiger partial charge < -0.3 is 0 Å². The maximum atomic E-state index is 6.19. The van der Waals surface area contributed by atoms with Crippen LogP contribution in [0.1, 0.15) is 0 Å². The second-order valence-electron chi connectivity index (χ2n) is 3.46. The van der Waals surface area contributed by atoms with Gasteiger partial charge in [-0.25, -0.2) is 0 Å². The van der Waals surface area contributed by atoms with E-state index in [1.165, 1.54) is 0 Å². The molecular formula is C14H11Cl2N. The quantitative estimate of drug-likeness (QED) is 0.549. The number of benzene rings is 2. The first kappa shape index (κ1) is 12.2. The molecule has 86 valence electrons. The van der Waals surface area contributed by atoms with Gasteiger partial charge in [-0.3, -0.25) is 4.99 Å². The molecule has 0 aliphatic rings. The predicted octanol–water partition coefficient (Wildman–Crippen LogP) is 4.95. The summed E-state index contributed by atoms with van der Waals surface area (Å²) in [5.41, 5.74) is 2.87. The molecule has 0 aromatic heterocycles. The van der Waals surface area contributed by atoms with Crippen LogP contribution in [0.3, 0.4) is 0 Å². The zero-order valence-corrected chi connectivity index (χ0v) is 10.6. The van der Waals surface area contributed by atoms with E-state index < -0.39 is 0 Å². The maximum absolute atomic E-state index is 6.19. The third kappa shape index (κ3) is 2.87. The van der Waals surface area contributed by atoms with Crippen LogP contribution >= 0.6 is 23.2 Å². The number of rotatable bonds is 3. The van der Waals surface area contributed by atoms with E-state index in [1.54, 1.807) is 6.21 Å². The van der Waals surface area contributed by atoms with Crippen molar-refractivity contribution in [1.82, 2.24) is 0 Å². The molecule has 0 saturated heterocycles. The standard InChI is InChI=1S/C14H11Cl2N/c15-9-10-17-14-8-4-2-6-12(14)11-5-1-3-7-13(11)16/h1-8,10H,9H2. The smallest absolute Gasteiger partial charge is 0.0705 e. The van der Waals surface area contributed by atoms with Gasteiger partial charge in [-0.2, -0.15) is 0 Å². The molecule has 2 rings (SSSR count). The molecule has 0 aliphatic carbocycles. The zero-order chi connectivity index (χ0) is 12.1. The second-order valence-corrected chi connectivity index (χ2v) is 4.18. The van der Waals surface area contributed by atoms with E-state index >= 15 is 0 Å². The second kappa shape index (κ2) is 5.85. The van der Waals surface area contributed by atoms with Gasteiger partial charge in [-0.05, 0) is 12.1 Å². The molecule has 0 bridgehead atoms. The van der Waals surface area contributed by atoms with Crippen LogP contribution in [0.5, 0.6) is 0 Å². The van der Waals surface area contributed by atoms with Crippen LogP contribution in [0.25, 0.3) is 11.1 Å². The number of aliphatic imine (C=N–C) groups is 1. The lowest BCUT2D eigenvalue weighted by Crippen LogP contribution is -1.81. The molecule has 2 aromatic rings. The highest BCUT2D eigenvalue weighted by Gasteiger charge is 2.06. The largest absolute Gasteiger partial charge is 0.259 e. The SMILES string of the molecule is ClCC=Nc1ccccc1-c1ccccc1Cl. The summed E-state index contributed by atoms with van der Waals surface area (Å²) in [5, 5.41) is 0.723. The summed E-state index contributed by atoms with van der Waals surface area (Å²) in [6.45, 7) is 0. The third-order valence-electron chi connectivity index (χ3n) is 2.37. The van der Waals surface area contributed by atoms with Crippen LogP contribution in [0, 0.1) is 0 Å². The highest BCUT2D eigenvalue weighted by Crippen LogP contribution is 2.34. The van der Waals surface area contributed by atoms with Crippen LogP contribution in [0.4, 0.5) is 5.69 Å². The lowest BCUT2D eigenvalue weighted by molar-refractivity contribution is 1.51. The van der Waals surface area contributed by atoms with Gasteiger partial charge in [0.15, 0.2) is 0 Å². The van der Waals surface area contributed by atoms with Crippen LogP contribution in [0.2, 0.25) is 5.02 Å². The average Bonchev–Trinajstić information content (AvgIpc) is 2.37. The lowest BCUT2D eigenvalue weighted by Gasteiger charge is -2.07. The first-order valence-electron chi connectivity index (χ1n) is 5.25. The number of halogens is 2. The van der Waals surface area contributed by atoms with E-state index in [1.807, 2.05) is 48.5 Å². The van der Waals surface area contributed by atoms with Crippen molar-refractivity contribution in [3.8, 4) is 11.1 Å². The average molecular weight is 264 g/mol. The summed E-state index contributed by atoms with van der Waals surface area (Å²) < 4.78 is 0. The van der Waals surface area contributed by atoms with E-state index in [2.05, 4.69) is 4.99 Å². The van der Waals surface area contributed by atoms with Gasteiger partial charge in [0.05, 0.1) is 11.6 Å². The molecule has 0 amide bonds. The summed E-state index contributed by atoms with van der Waals surface area (Å²) in [6, 6.07) is 15.6. The molecule has 1 nitrogen and oxygen atoms in total.